The van der Waals surface area contributed by atoms with E-state index in [2.05, 4.69) is 20.6 Å². The Morgan fingerprint density at radius 3 is 2.73 bits per heavy atom. The number of hydrogen-bond donors (Lipinski definition) is 3. The quantitative estimate of drug-likeness (QED) is 0.631. The van der Waals surface area contributed by atoms with Crippen LogP contribution in [0.4, 0.5) is 5.95 Å². The van der Waals surface area contributed by atoms with Crippen LogP contribution in [0.1, 0.15) is 32.0 Å². The molecule has 1 aliphatic heterocycles. The lowest BCUT2D eigenvalue weighted by Crippen LogP contribution is -2.29. The molecule has 0 spiro atoms. The molecule has 0 unspecified atom stereocenters. The second kappa shape index (κ2) is 3.34. The van der Waals surface area contributed by atoms with Gasteiger partial charge in [-0.15, -0.1) is 0 Å². The highest BCUT2D eigenvalue weighted by Gasteiger charge is 2.18. The predicted molar refractivity (Wildman–Crippen MR) is 58.8 cm³/mol. The third-order valence-electron chi connectivity index (χ3n) is 2.19. The van der Waals surface area contributed by atoms with Gasteiger partial charge < -0.3 is 10.6 Å². The molecule has 2 rings (SSSR count). The van der Waals surface area contributed by atoms with Crippen LogP contribution in [-0.4, -0.2) is 15.5 Å². The van der Waals surface area contributed by atoms with Gasteiger partial charge in [-0.25, -0.2) is 4.98 Å². The minimum Gasteiger partial charge on any atom is -0.351 e. The first-order chi connectivity index (χ1) is 6.96. The van der Waals surface area contributed by atoms with Crippen molar-refractivity contribution in [1.82, 2.24) is 15.3 Å². The summed E-state index contributed by atoms with van der Waals surface area (Å²) < 4.78 is 0. The molecule has 0 atom stereocenters. The van der Waals surface area contributed by atoms with Crippen LogP contribution in [0.25, 0.3) is 0 Å². The summed E-state index contributed by atoms with van der Waals surface area (Å²) in [7, 11) is 0. The summed E-state index contributed by atoms with van der Waals surface area (Å²) in [6.45, 7) is 7.38. The van der Waals surface area contributed by atoms with E-state index in [0.717, 1.165) is 11.3 Å². The Bertz CT molecular complexity index is 430. The zero-order valence-electron chi connectivity index (χ0n) is 9.27. The van der Waals surface area contributed by atoms with Gasteiger partial charge in [0, 0.05) is 18.6 Å². The zero-order chi connectivity index (χ0) is 11.1. The minimum absolute atomic E-state index is 0.0447. The van der Waals surface area contributed by atoms with Crippen LogP contribution >= 0.6 is 0 Å². The first-order valence-corrected chi connectivity index (χ1v) is 5.07. The van der Waals surface area contributed by atoms with Crippen molar-refractivity contribution < 1.29 is 0 Å². The molecule has 15 heavy (non-hydrogen) atoms. The van der Waals surface area contributed by atoms with Gasteiger partial charge in [0.05, 0.1) is 11.3 Å². The molecule has 0 aromatic carbocycles. The van der Waals surface area contributed by atoms with Gasteiger partial charge in [-0.2, -0.15) is 0 Å². The normalized spacial score (nSPS) is 15.1. The van der Waals surface area contributed by atoms with Crippen LogP contribution < -0.4 is 16.2 Å². The molecule has 0 aliphatic carbocycles. The summed E-state index contributed by atoms with van der Waals surface area (Å²) in [6, 6.07) is 0. The van der Waals surface area contributed by atoms with Crippen molar-refractivity contribution in [3.05, 3.63) is 21.6 Å². The van der Waals surface area contributed by atoms with Crippen LogP contribution in [0.5, 0.6) is 0 Å². The van der Waals surface area contributed by atoms with Crippen LogP contribution in [0.15, 0.2) is 4.79 Å². The Labute approximate surface area is 88.3 Å². The molecule has 2 heterocycles. The van der Waals surface area contributed by atoms with Crippen molar-refractivity contribution >= 4 is 5.95 Å². The zero-order valence-corrected chi connectivity index (χ0v) is 9.27. The lowest BCUT2D eigenvalue weighted by Gasteiger charge is -2.20. The molecule has 3 N–H and O–H groups in total. The van der Waals surface area contributed by atoms with Gasteiger partial charge in [-0.1, -0.05) is 0 Å². The SMILES string of the molecule is CC(C)(C)Nc1nc2c(c(=O)[nH]1)CNC2. The maximum atomic E-state index is 11.6. The molecular formula is C10H16N4O. The topological polar surface area (TPSA) is 69.8 Å². The van der Waals surface area contributed by atoms with Crippen molar-refractivity contribution in [2.45, 2.75) is 39.4 Å². The number of H-pyrrole nitrogens is 1. The van der Waals surface area contributed by atoms with E-state index in [1.165, 1.54) is 0 Å². The van der Waals surface area contributed by atoms with Gasteiger partial charge in [-0.05, 0) is 20.8 Å². The van der Waals surface area contributed by atoms with E-state index in [-0.39, 0.29) is 11.1 Å². The number of aromatic amines is 1. The van der Waals surface area contributed by atoms with Gasteiger partial charge >= 0.3 is 0 Å². The van der Waals surface area contributed by atoms with E-state index in [1.807, 2.05) is 20.8 Å². The Hall–Kier alpha value is -1.36. The number of nitrogens with zero attached hydrogens (tertiary/aromatic N) is 1. The molecular weight excluding hydrogens is 192 g/mol. The first kappa shape index (κ1) is 10.2. The molecule has 5 heteroatoms. The van der Waals surface area contributed by atoms with Crippen LogP contribution in [0.3, 0.4) is 0 Å². The van der Waals surface area contributed by atoms with Gasteiger partial charge in [0.1, 0.15) is 0 Å². The van der Waals surface area contributed by atoms with Crippen molar-refractivity contribution in [1.29, 1.82) is 0 Å². The van der Waals surface area contributed by atoms with Crippen molar-refractivity contribution in [2.75, 3.05) is 5.32 Å². The molecule has 1 aromatic rings. The highest BCUT2D eigenvalue weighted by molar-refractivity contribution is 5.33. The van der Waals surface area contributed by atoms with Crippen molar-refractivity contribution in [3.63, 3.8) is 0 Å². The molecule has 0 fully saturated rings. The van der Waals surface area contributed by atoms with Gasteiger partial charge in [0.15, 0.2) is 0 Å². The second-order valence-corrected chi connectivity index (χ2v) is 4.82. The molecule has 0 amide bonds. The Morgan fingerprint density at radius 2 is 2.07 bits per heavy atom. The summed E-state index contributed by atoms with van der Waals surface area (Å²) in [5.74, 6) is 0.551. The lowest BCUT2D eigenvalue weighted by molar-refractivity contribution is 0.624. The fraction of sp³-hybridized carbons (Fsp3) is 0.600. The molecule has 82 valence electrons. The highest BCUT2D eigenvalue weighted by atomic mass is 16.1. The maximum absolute atomic E-state index is 11.6. The average molecular weight is 208 g/mol. The smallest absolute Gasteiger partial charge is 0.257 e. The molecule has 1 aromatic heterocycles. The summed E-state index contributed by atoms with van der Waals surface area (Å²) in [4.78, 5) is 18.8. The van der Waals surface area contributed by atoms with Crippen molar-refractivity contribution in [2.24, 2.45) is 0 Å². The number of nitrogens with one attached hydrogen (secondary N) is 3. The van der Waals surface area contributed by atoms with Crippen LogP contribution in [-0.2, 0) is 13.1 Å². The van der Waals surface area contributed by atoms with E-state index >= 15 is 0 Å². The second-order valence-electron chi connectivity index (χ2n) is 4.82. The third-order valence-corrected chi connectivity index (χ3v) is 2.19. The predicted octanol–water partition coefficient (Wildman–Crippen LogP) is 0.583. The third kappa shape index (κ3) is 2.18. The lowest BCUT2D eigenvalue weighted by atomic mass is 10.1. The fourth-order valence-electron chi connectivity index (χ4n) is 1.59. The van der Waals surface area contributed by atoms with E-state index in [0.29, 0.717) is 19.0 Å². The van der Waals surface area contributed by atoms with Gasteiger partial charge in [0.2, 0.25) is 5.95 Å². The Morgan fingerprint density at radius 1 is 1.33 bits per heavy atom. The highest BCUT2D eigenvalue weighted by Crippen LogP contribution is 2.12. The number of anilines is 1. The Kier molecular flexibility index (Phi) is 2.26. The molecule has 0 bridgehead atoms. The van der Waals surface area contributed by atoms with Crippen molar-refractivity contribution in [3.8, 4) is 0 Å². The standard InChI is InChI=1S/C10H16N4O/c1-10(2,3)14-9-12-7-5-11-4-6(7)8(15)13-9/h11H,4-5H2,1-3H3,(H2,12,13,14,15). The molecule has 1 aliphatic rings. The molecule has 5 nitrogen and oxygen atoms in total. The number of fused-ring (bicyclic) bond motifs is 1. The van der Waals surface area contributed by atoms with E-state index in [4.69, 9.17) is 0 Å². The molecule has 0 radical (unpaired) electrons. The molecule has 0 saturated carbocycles. The largest absolute Gasteiger partial charge is 0.351 e. The van der Waals surface area contributed by atoms with Crippen LogP contribution in [0, 0.1) is 0 Å². The number of rotatable bonds is 1. The minimum atomic E-state index is -0.101. The number of aromatic nitrogens is 2. The summed E-state index contributed by atoms with van der Waals surface area (Å²) >= 11 is 0. The summed E-state index contributed by atoms with van der Waals surface area (Å²) in [6.07, 6.45) is 0. The summed E-state index contributed by atoms with van der Waals surface area (Å²) in [5, 5.41) is 6.27. The van der Waals surface area contributed by atoms with Crippen LogP contribution in [0.2, 0.25) is 0 Å². The fourth-order valence-corrected chi connectivity index (χ4v) is 1.59. The maximum Gasteiger partial charge on any atom is 0.257 e. The Balaban J connectivity index is 2.36. The van der Waals surface area contributed by atoms with Gasteiger partial charge in [0.25, 0.3) is 5.56 Å². The van der Waals surface area contributed by atoms with Gasteiger partial charge in [-0.3, -0.25) is 9.78 Å². The number of hydrogen-bond acceptors (Lipinski definition) is 4. The molecule has 0 saturated heterocycles. The van der Waals surface area contributed by atoms with E-state index in [1.54, 1.807) is 0 Å². The summed E-state index contributed by atoms with van der Waals surface area (Å²) in [5.41, 5.74) is 1.47. The first-order valence-electron chi connectivity index (χ1n) is 5.07. The monoisotopic (exact) mass is 208 g/mol. The van der Waals surface area contributed by atoms with E-state index < -0.39 is 0 Å². The average Bonchev–Trinajstić information content (AvgIpc) is 2.48. The van der Waals surface area contributed by atoms with E-state index in [9.17, 15) is 4.79 Å².